The number of guanidine groups is 1. The van der Waals surface area contributed by atoms with Gasteiger partial charge in [-0.25, -0.2) is 0 Å². The third-order valence-electron chi connectivity index (χ3n) is 3.31. The van der Waals surface area contributed by atoms with E-state index in [9.17, 15) is 0 Å². The smallest absolute Gasteiger partial charge is 0.191 e. The maximum atomic E-state index is 4.24. The molecule has 3 heterocycles. The molecular formula is C15H17BrN6S. The zero-order chi connectivity index (χ0) is 16.1. The van der Waals surface area contributed by atoms with Crippen LogP contribution in [0, 0.1) is 0 Å². The van der Waals surface area contributed by atoms with Gasteiger partial charge >= 0.3 is 0 Å². The van der Waals surface area contributed by atoms with E-state index >= 15 is 0 Å². The lowest BCUT2D eigenvalue weighted by Gasteiger charge is -2.10. The van der Waals surface area contributed by atoms with Crippen molar-refractivity contribution in [2.24, 2.45) is 4.99 Å². The highest BCUT2D eigenvalue weighted by Gasteiger charge is 2.05. The van der Waals surface area contributed by atoms with Crippen molar-refractivity contribution in [3.63, 3.8) is 0 Å². The van der Waals surface area contributed by atoms with Gasteiger partial charge in [-0.15, -0.1) is 21.5 Å². The van der Waals surface area contributed by atoms with Crippen molar-refractivity contribution in [3.8, 4) is 0 Å². The first kappa shape index (κ1) is 15.9. The van der Waals surface area contributed by atoms with Gasteiger partial charge in [0.2, 0.25) is 0 Å². The molecule has 0 saturated carbocycles. The van der Waals surface area contributed by atoms with Gasteiger partial charge in [0.05, 0.1) is 10.3 Å². The minimum Gasteiger partial charge on any atom is -0.356 e. The fraction of sp³-hybridized carbons (Fsp3) is 0.267. The van der Waals surface area contributed by atoms with Crippen LogP contribution in [0.3, 0.4) is 0 Å². The lowest BCUT2D eigenvalue weighted by Crippen LogP contribution is -2.38. The van der Waals surface area contributed by atoms with Crippen LogP contribution in [0.1, 0.15) is 10.7 Å². The third-order valence-corrected chi connectivity index (χ3v) is 5.00. The maximum absolute atomic E-state index is 4.24. The van der Waals surface area contributed by atoms with E-state index in [0.717, 1.165) is 34.2 Å². The summed E-state index contributed by atoms with van der Waals surface area (Å²) in [4.78, 5) is 5.57. The van der Waals surface area contributed by atoms with Crippen LogP contribution in [0.15, 0.2) is 45.3 Å². The Hall–Kier alpha value is -1.93. The monoisotopic (exact) mass is 392 g/mol. The average molecular weight is 393 g/mol. The molecule has 0 saturated heterocycles. The Kier molecular flexibility index (Phi) is 5.24. The number of fused-ring (bicyclic) bond motifs is 1. The molecule has 0 aliphatic carbocycles. The average Bonchev–Trinajstić information content (AvgIpc) is 3.17. The molecule has 0 unspecified atom stereocenters. The standard InChI is InChI=1S/C15H17BrN6S/c1-17-15(18-8-7-11-5-6-12(16)23-11)19-10-14-21-20-13-4-2-3-9-22(13)14/h2-6,9H,7-8,10H2,1H3,(H2,17,18,19). The molecule has 3 rings (SSSR count). The molecule has 120 valence electrons. The van der Waals surface area contributed by atoms with Crippen molar-refractivity contribution in [2.45, 2.75) is 13.0 Å². The molecule has 3 aromatic rings. The number of aliphatic imine (C=N–C) groups is 1. The molecule has 0 radical (unpaired) electrons. The van der Waals surface area contributed by atoms with E-state index < -0.39 is 0 Å². The molecular weight excluding hydrogens is 376 g/mol. The number of aromatic nitrogens is 3. The summed E-state index contributed by atoms with van der Waals surface area (Å²) in [5.41, 5.74) is 0.843. The summed E-state index contributed by atoms with van der Waals surface area (Å²) in [7, 11) is 1.76. The topological polar surface area (TPSA) is 66.6 Å². The first-order valence-corrected chi connectivity index (χ1v) is 8.84. The van der Waals surface area contributed by atoms with Gasteiger partial charge in [-0.3, -0.25) is 9.39 Å². The second-order valence-corrected chi connectivity index (χ2v) is 7.40. The molecule has 0 spiro atoms. The molecule has 23 heavy (non-hydrogen) atoms. The molecule has 0 bridgehead atoms. The molecule has 0 atom stereocenters. The quantitative estimate of drug-likeness (QED) is 0.516. The maximum Gasteiger partial charge on any atom is 0.191 e. The molecule has 0 amide bonds. The fourth-order valence-corrected chi connectivity index (χ4v) is 3.67. The fourth-order valence-electron chi connectivity index (χ4n) is 2.19. The van der Waals surface area contributed by atoms with E-state index in [1.165, 1.54) is 4.88 Å². The van der Waals surface area contributed by atoms with Gasteiger partial charge in [-0.2, -0.15) is 0 Å². The van der Waals surface area contributed by atoms with E-state index in [1.807, 2.05) is 28.8 Å². The lowest BCUT2D eigenvalue weighted by atomic mass is 10.3. The second kappa shape index (κ2) is 7.56. The van der Waals surface area contributed by atoms with Crippen molar-refractivity contribution in [3.05, 3.63) is 51.0 Å². The number of thiophene rings is 1. The van der Waals surface area contributed by atoms with E-state index in [1.54, 1.807) is 18.4 Å². The van der Waals surface area contributed by atoms with Crippen LogP contribution in [0.25, 0.3) is 5.65 Å². The molecule has 3 aromatic heterocycles. The van der Waals surface area contributed by atoms with Crippen molar-refractivity contribution in [1.29, 1.82) is 0 Å². The van der Waals surface area contributed by atoms with Gasteiger partial charge in [0, 0.05) is 24.7 Å². The predicted octanol–water partition coefficient (Wildman–Crippen LogP) is 2.46. The second-order valence-electron chi connectivity index (χ2n) is 4.85. The van der Waals surface area contributed by atoms with Gasteiger partial charge < -0.3 is 10.6 Å². The molecule has 0 aromatic carbocycles. The number of hydrogen-bond donors (Lipinski definition) is 2. The van der Waals surface area contributed by atoms with Crippen molar-refractivity contribution in [1.82, 2.24) is 25.2 Å². The van der Waals surface area contributed by atoms with Crippen molar-refractivity contribution in [2.75, 3.05) is 13.6 Å². The van der Waals surface area contributed by atoms with Crippen molar-refractivity contribution < 1.29 is 0 Å². The largest absolute Gasteiger partial charge is 0.356 e. The molecule has 8 heteroatoms. The van der Waals surface area contributed by atoms with E-state index in [4.69, 9.17) is 0 Å². The Morgan fingerprint density at radius 1 is 1.26 bits per heavy atom. The van der Waals surface area contributed by atoms with E-state index in [0.29, 0.717) is 6.54 Å². The lowest BCUT2D eigenvalue weighted by molar-refractivity contribution is 0.759. The highest BCUT2D eigenvalue weighted by atomic mass is 79.9. The molecule has 6 nitrogen and oxygen atoms in total. The Morgan fingerprint density at radius 3 is 2.96 bits per heavy atom. The summed E-state index contributed by atoms with van der Waals surface area (Å²) in [5, 5.41) is 14.9. The van der Waals surface area contributed by atoms with Crippen LogP contribution in [0.4, 0.5) is 0 Å². The van der Waals surface area contributed by atoms with Crippen molar-refractivity contribution >= 4 is 38.9 Å². The summed E-state index contributed by atoms with van der Waals surface area (Å²) in [6.07, 6.45) is 2.92. The Bertz CT molecular complexity index is 809. The SMILES string of the molecule is CN=C(NCCc1ccc(Br)s1)NCc1nnc2ccccn12. The van der Waals surface area contributed by atoms with Gasteiger partial charge in [-0.1, -0.05) is 6.07 Å². The third kappa shape index (κ3) is 4.08. The van der Waals surface area contributed by atoms with Crippen LogP contribution in [0.5, 0.6) is 0 Å². The summed E-state index contributed by atoms with van der Waals surface area (Å²) >= 11 is 5.23. The molecule has 0 fully saturated rings. The number of nitrogens with zero attached hydrogens (tertiary/aromatic N) is 4. The Morgan fingerprint density at radius 2 is 2.17 bits per heavy atom. The Balaban J connectivity index is 1.51. The normalized spacial score (nSPS) is 11.8. The zero-order valence-electron chi connectivity index (χ0n) is 12.7. The minimum absolute atomic E-state index is 0.565. The van der Waals surface area contributed by atoms with Crippen LogP contribution < -0.4 is 10.6 Å². The summed E-state index contributed by atoms with van der Waals surface area (Å²) in [6, 6.07) is 10.1. The number of nitrogens with one attached hydrogen (secondary N) is 2. The Labute approximate surface area is 146 Å². The number of pyridine rings is 1. The highest BCUT2D eigenvalue weighted by Crippen LogP contribution is 2.21. The number of hydrogen-bond acceptors (Lipinski definition) is 4. The van der Waals surface area contributed by atoms with E-state index in [2.05, 4.69) is 53.9 Å². The highest BCUT2D eigenvalue weighted by molar-refractivity contribution is 9.11. The molecule has 0 aliphatic rings. The van der Waals surface area contributed by atoms with Gasteiger partial charge in [0.15, 0.2) is 17.4 Å². The summed E-state index contributed by atoms with van der Waals surface area (Å²) in [5.74, 6) is 1.61. The van der Waals surface area contributed by atoms with Crippen LogP contribution >= 0.6 is 27.3 Å². The van der Waals surface area contributed by atoms with Crippen LogP contribution in [-0.2, 0) is 13.0 Å². The van der Waals surface area contributed by atoms with Crippen LogP contribution in [-0.4, -0.2) is 34.2 Å². The molecule has 2 N–H and O–H groups in total. The van der Waals surface area contributed by atoms with E-state index in [-0.39, 0.29) is 0 Å². The number of rotatable bonds is 5. The first-order valence-electron chi connectivity index (χ1n) is 7.23. The van der Waals surface area contributed by atoms with Gasteiger partial charge in [0.25, 0.3) is 0 Å². The number of halogens is 1. The zero-order valence-corrected chi connectivity index (χ0v) is 15.1. The first-order chi connectivity index (χ1) is 11.3. The van der Waals surface area contributed by atoms with Gasteiger partial charge in [-0.05, 0) is 46.6 Å². The predicted molar refractivity (Wildman–Crippen MR) is 96.9 cm³/mol. The van der Waals surface area contributed by atoms with Gasteiger partial charge in [0.1, 0.15) is 0 Å². The van der Waals surface area contributed by atoms with Crippen LogP contribution in [0.2, 0.25) is 0 Å². The summed E-state index contributed by atoms with van der Waals surface area (Å²) in [6.45, 7) is 1.39. The minimum atomic E-state index is 0.565. The molecule has 0 aliphatic heterocycles. The summed E-state index contributed by atoms with van der Waals surface area (Å²) < 4.78 is 3.12.